The number of imide groups is 1. The second kappa shape index (κ2) is 8.30. The Kier molecular flexibility index (Phi) is 5.21. The number of likely N-dealkylation sites (tertiary alicyclic amines) is 1. The largest absolute Gasteiger partial charge is 0.480 e. The van der Waals surface area contributed by atoms with E-state index >= 15 is 0 Å². The van der Waals surface area contributed by atoms with Crippen molar-refractivity contribution in [3.05, 3.63) is 66.1 Å². The van der Waals surface area contributed by atoms with E-state index in [2.05, 4.69) is 15.3 Å². The van der Waals surface area contributed by atoms with Crippen LogP contribution in [0.1, 0.15) is 49.4 Å². The molecule has 1 aromatic carbocycles. The molecule has 3 fully saturated rings. The number of carboxylic acid groups (broad SMARTS) is 1. The molecule has 1 saturated carbocycles. The third kappa shape index (κ3) is 3.31. The van der Waals surface area contributed by atoms with Crippen LogP contribution in [0.5, 0.6) is 0 Å². The van der Waals surface area contributed by atoms with Gasteiger partial charge in [0.2, 0.25) is 11.8 Å². The highest BCUT2D eigenvalue weighted by atomic mass is 16.4. The molecule has 35 heavy (non-hydrogen) atoms. The fourth-order valence-electron chi connectivity index (χ4n) is 6.55. The molecule has 8 heteroatoms. The predicted octanol–water partition coefficient (Wildman–Crippen LogP) is 3.21. The molecule has 4 heterocycles. The topological polar surface area (TPSA) is 115 Å². The normalized spacial score (nSPS) is 29.1. The number of hydrogen-bond acceptors (Lipinski definition) is 5. The van der Waals surface area contributed by atoms with Crippen LogP contribution in [0.25, 0.3) is 10.9 Å². The summed E-state index contributed by atoms with van der Waals surface area (Å²) in [6, 6.07) is 12.3. The van der Waals surface area contributed by atoms with E-state index in [0.29, 0.717) is 5.69 Å². The van der Waals surface area contributed by atoms with Crippen LogP contribution in [-0.2, 0) is 20.8 Å². The highest BCUT2D eigenvalue weighted by molar-refractivity contribution is 6.10. The zero-order valence-corrected chi connectivity index (χ0v) is 19.3. The summed E-state index contributed by atoms with van der Waals surface area (Å²) in [6.07, 6.45) is 8.11. The first-order valence-corrected chi connectivity index (χ1v) is 12.4. The number of benzene rings is 1. The van der Waals surface area contributed by atoms with Gasteiger partial charge in [0.25, 0.3) is 0 Å². The number of H-pyrrole nitrogens is 1. The molecule has 4 unspecified atom stereocenters. The molecule has 2 amide bonds. The van der Waals surface area contributed by atoms with Gasteiger partial charge in [0.15, 0.2) is 0 Å². The van der Waals surface area contributed by atoms with Crippen molar-refractivity contribution >= 4 is 28.7 Å². The van der Waals surface area contributed by atoms with E-state index in [1.165, 1.54) is 4.90 Å². The smallest absolute Gasteiger partial charge is 0.325 e. The molecule has 3 aliphatic rings. The third-order valence-corrected chi connectivity index (χ3v) is 8.16. The number of carbonyl (C=O) groups is 3. The Morgan fingerprint density at radius 1 is 1.06 bits per heavy atom. The van der Waals surface area contributed by atoms with Gasteiger partial charge in [-0.15, -0.1) is 0 Å². The van der Waals surface area contributed by atoms with Crippen molar-refractivity contribution in [1.29, 1.82) is 0 Å². The molecule has 3 aromatic rings. The van der Waals surface area contributed by atoms with Gasteiger partial charge >= 0.3 is 5.97 Å². The molecule has 180 valence electrons. The summed E-state index contributed by atoms with van der Waals surface area (Å²) in [5, 5.41) is 14.8. The Balaban J connectivity index is 1.47. The van der Waals surface area contributed by atoms with Crippen LogP contribution < -0.4 is 5.32 Å². The number of rotatable bonds is 5. The molecule has 4 atom stereocenters. The van der Waals surface area contributed by atoms with E-state index in [1.807, 2.05) is 30.3 Å². The summed E-state index contributed by atoms with van der Waals surface area (Å²) >= 11 is 0. The van der Waals surface area contributed by atoms with Gasteiger partial charge < -0.3 is 10.1 Å². The van der Waals surface area contributed by atoms with Gasteiger partial charge in [-0.2, -0.15) is 0 Å². The highest BCUT2D eigenvalue weighted by Crippen LogP contribution is 2.51. The first-order valence-electron chi connectivity index (χ1n) is 12.4. The lowest BCUT2D eigenvalue weighted by Gasteiger charge is -2.34. The average molecular weight is 473 g/mol. The Hall–Kier alpha value is -3.52. The molecule has 2 aliphatic heterocycles. The summed E-state index contributed by atoms with van der Waals surface area (Å²) in [5.41, 5.74) is 0.647. The van der Waals surface area contributed by atoms with E-state index in [1.54, 1.807) is 24.5 Å². The second-order valence-corrected chi connectivity index (χ2v) is 10.0. The number of aliphatic carboxylic acids is 1. The quantitative estimate of drug-likeness (QED) is 0.491. The van der Waals surface area contributed by atoms with Crippen LogP contribution >= 0.6 is 0 Å². The molecule has 3 N–H and O–H groups in total. The number of aromatic nitrogens is 2. The van der Waals surface area contributed by atoms with Gasteiger partial charge in [-0.1, -0.05) is 43.5 Å². The number of carboxylic acids is 1. The molecule has 8 nitrogen and oxygen atoms in total. The summed E-state index contributed by atoms with van der Waals surface area (Å²) < 4.78 is 0. The first kappa shape index (κ1) is 22.0. The minimum absolute atomic E-state index is 0.0778. The van der Waals surface area contributed by atoms with Crippen molar-refractivity contribution in [3.8, 4) is 0 Å². The number of amides is 2. The maximum absolute atomic E-state index is 14.0. The number of para-hydroxylation sites is 1. The van der Waals surface area contributed by atoms with E-state index in [-0.39, 0.29) is 24.3 Å². The standard InChI is InChI=1S/C27H28N4O4/c32-24-21-22(25(33)31(24)17-8-2-1-3-9-17)27(26(34)35,30-23(21)20-12-6-7-13-28-20)14-16-15-29-19-11-5-4-10-18(16)19/h4-7,10-13,15,17,21-23,29-30H,1-3,8-9,14H2,(H,34,35). The number of hydrogen-bond donors (Lipinski definition) is 3. The maximum Gasteiger partial charge on any atom is 0.325 e. The SMILES string of the molecule is O=C1C2C(c3ccccn3)NC(Cc3c[nH]c4ccccc34)(C(=O)O)C2C(=O)N1C1CCCCC1. The molecule has 0 spiro atoms. The van der Waals surface area contributed by atoms with Gasteiger partial charge in [-0.05, 0) is 36.6 Å². The lowest BCUT2D eigenvalue weighted by molar-refractivity contribution is -0.152. The van der Waals surface area contributed by atoms with E-state index in [9.17, 15) is 19.5 Å². The Labute approximate surface area is 202 Å². The number of nitrogens with one attached hydrogen (secondary N) is 2. The fourth-order valence-corrected chi connectivity index (χ4v) is 6.55. The molecule has 2 aromatic heterocycles. The minimum atomic E-state index is -1.63. The summed E-state index contributed by atoms with van der Waals surface area (Å²) in [5.74, 6) is -3.56. The molecule has 0 radical (unpaired) electrons. The Morgan fingerprint density at radius 3 is 2.57 bits per heavy atom. The Bertz CT molecular complexity index is 1300. The first-order chi connectivity index (χ1) is 17.0. The summed E-state index contributed by atoms with van der Waals surface area (Å²) in [6.45, 7) is 0. The van der Waals surface area contributed by atoms with Crippen LogP contribution in [0.15, 0.2) is 54.9 Å². The van der Waals surface area contributed by atoms with Crippen LogP contribution in [0, 0.1) is 11.8 Å². The summed E-state index contributed by atoms with van der Waals surface area (Å²) in [4.78, 5) is 49.9. The van der Waals surface area contributed by atoms with Crippen LogP contribution in [0.2, 0.25) is 0 Å². The van der Waals surface area contributed by atoms with Gasteiger partial charge in [0.1, 0.15) is 5.54 Å². The third-order valence-electron chi connectivity index (χ3n) is 8.16. The fraction of sp³-hybridized carbons (Fsp3) is 0.407. The van der Waals surface area contributed by atoms with Crippen LogP contribution in [0.3, 0.4) is 0 Å². The summed E-state index contributed by atoms with van der Waals surface area (Å²) in [7, 11) is 0. The number of nitrogens with zero attached hydrogens (tertiary/aromatic N) is 2. The van der Waals surface area contributed by atoms with E-state index in [4.69, 9.17) is 0 Å². The molecule has 6 rings (SSSR count). The number of pyridine rings is 1. The van der Waals surface area contributed by atoms with Crippen molar-refractivity contribution in [2.24, 2.45) is 11.8 Å². The van der Waals surface area contributed by atoms with Crippen LogP contribution in [0.4, 0.5) is 0 Å². The molecular weight excluding hydrogens is 444 g/mol. The van der Waals surface area contributed by atoms with Gasteiger partial charge in [0.05, 0.1) is 23.6 Å². The lowest BCUT2D eigenvalue weighted by Crippen LogP contribution is -2.58. The highest BCUT2D eigenvalue weighted by Gasteiger charge is 2.69. The Morgan fingerprint density at radius 2 is 1.83 bits per heavy atom. The van der Waals surface area contributed by atoms with Crippen molar-refractivity contribution in [2.45, 2.75) is 56.1 Å². The van der Waals surface area contributed by atoms with Crippen molar-refractivity contribution in [2.75, 3.05) is 0 Å². The number of carbonyl (C=O) groups excluding carboxylic acids is 2. The zero-order chi connectivity index (χ0) is 24.2. The van der Waals surface area contributed by atoms with Gasteiger partial charge in [-0.25, -0.2) is 0 Å². The minimum Gasteiger partial charge on any atom is -0.480 e. The molecular formula is C27H28N4O4. The zero-order valence-electron chi connectivity index (χ0n) is 19.3. The molecule has 2 saturated heterocycles. The monoisotopic (exact) mass is 472 g/mol. The van der Waals surface area contributed by atoms with Gasteiger partial charge in [0, 0.05) is 35.8 Å². The number of fused-ring (bicyclic) bond motifs is 2. The van der Waals surface area contributed by atoms with E-state index in [0.717, 1.165) is 48.6 Å². The maximum atomic E-state index is 14.0. The molecule has 0 bridgehead atoms. The van der Waals surface area contributed by atoms with Crippen LogP contribution in [-0.4, -0.2) is 49.3 Å². The van der Waals surface area contributed by atoms with Crippen molar-refractivity contribution < 1.29 is 19.5 Å². The van der Waals surface area contributed by atoms with Gasteiger partial charge in [-0.3, -0.25) is 29.6 Å². The lowest BCUT2D eigenvalue weighted by atomic mass is 9.76. The van der Waals surface area contributed by atoms with Crippen molar-refractivity contribution in [1.82, 2.24) is 20.2 Å². The number of aromatic amines is 1. The second-order valence-electron chi connectivity index (χ2n) is 10.0. The van der Waals surface area contributed by atoms with Crippen molar-refractivity contribution in [3.63, 3.8) is 0 Å². The average Bonchev–Trinajstić information content (AvgIpc) is 3.53. The predicted molar refractivity (Wildman–Crippen MR) is 128 cm³/mol. The van der Waals surface area contributed by atoms with E-state index < -0.39 is 29.4 Å². The molecule has 1 aliphatic carbocycles.